The van der Waals surface area contributed by atoms with Gasteiger partial charge < -0.3 is 15.4 Å². The molecule has 2 fully saturated rings. The molecule has 2 N–H and O–H groups in total. The Balaban J connectivity index is 1.57. The fourth-order valence-electron chi connectivity index (χ4n) is 3.65. The van der Waals surface area contributed by atoms with Gasteiger partial charge in [0.1, 0.15) is 0 Å². The summed E-state index contributed by atoms with van der Waals surface area (Å²) < 4.78 is 5.33. The van der Waals surface area contributed by atoms with Crippen LogP contribution in [0.25, 0.3) is 10.9 Å². The van der Waals surface area contributed by atoms with E-state index in [-0.39, 0.29) is 11.9 Å². The summed E-state index contributed by atoms with van der Waals surface area (Å²) in [5.74, 6) is 0.521. The van der Waals surface area contributed by atoms with Crippen molar-refractivity contribution in [3.8, 4) is 0 Å². The molecule has 2 aliphatic rings. The van der Waals surface area contributed by atoms with E-state index in [1.54, 1.807) is 6.20 Å². The van der Waals surface area contributed by atoms with Crippen molar-refractivity contribution in [1.82, 2.24) is 15.3 Å². The van der Waals surface area contributed by atoms with E-state index in [9.17, 15) is 4.79 Å². The number of nitrogens with one attached hydrogen (secondary N) is 2. The van der Waals surface area contributed by atoms with Crippen LogP contribution in [0, 0.1) is 0 Å². The molecule has 1 saturated heterocycles. The summed E-state index contributed by atoms with van der Waals surface area (Å²) in [5.41, 5.74) is 1.30. The van der Waals surface area contributed by atoms with E-state index in [0.717, 1.165) is 24.6 Å². The lowest BCUT2D eigenvalue weighted by molar-refractivity contribution is 0.0931. The molecule has 1 aliphatic heterocycles. The highest BCUT2D eigenvalue weighted by atomic mass is 16.5. The summed E-state index contributed by atoms with van der Waals surface area (Å²) in [4.78, 5) is 21.7. The van der Waals surface area contributed by atoms with Crippen LogP contribution in [0.15, 0.2) is 24.4 Å². The number of carbonyl (C=O) groups is 1. The van der Waals surface area contributed by atoms with Crippen LogP contribution in [0.5, 0.6) is 0 Å². The molecular formula is C19H24N4O2. The normalized spacial score (nSPS) is 21.4. The van der Waals surface area contributed by atoms with Crippen LogP contribution in [-0.4, -0.2) is 41.2 Å². The molecule has 0 bridgehead atoms. The number of ether oxygens (including phenoxy) is 1. The van der Waals surface area contributed by atoms with Crippen molar-refractivity contribution in [2.24, 2.45) is 0 Å². The van der Waals surface area contributed by atoms with E-state index < -0.39 is 0 Å². The summed E-state index contributed by atoms with van der Waals surface area (Å²) in [5, 5.41) is 7.36. The summed E-state index contributed by atoms with van der Waals surface area (Å²) in [6.07, 6.45) is 8.79. The zero-order valence-corrected chi connectivity index (χ0v) is 14.3. The van der Waals surface area contributed by atoms with Crippen LogP contribution in [-0.2, 0) is 4.74 Å². The number of rotatable bonds is 4. The number of hydrogen-bond acceptors (Lipinski definition) is 5. The standard InChI is InChI=1S/C19H24N4O2/c24-18(21-15-9-10-25-12-15)16-8-4-5-13-11-20-19(23-17(13)16)22-14-6-2-1-3-7-14/h4-5,8,11,14-15H,1-3,6-7,9-10,12H2,(H,21,24)(H,20,22,23). The molecule has 2 aromatic rings. The predicted molar refractivity (Wildman–Crippen MR) is 96.7 cm³/mol. The Bertz CT molecular complexity index is 752. The van der Waals surface area contributed by atoms with E-state index in [0.29, 0.717) is 36.3 Å². The first-order valence-electron chi connectivity index (χ1n) is 9.20. The van der Waals surface area contributed by atoms with Crippen LogP contribution in [0.4, 0.5) is 5.95 Å². The molecule has 0 radical (unpaired) electrons. The largest absolute Gasteiger partial charge is 0.379 e. The second-order valence-electron chi connectivity index (χ2n) is 6.95. The topological polar surface area (TPSA) is 76.1 Å². The average molecular weight is 340 g/mol. The molecule has 25 heavy (non-hydrogen) atoms. The molecule has 6 heteroatoms. The molecule has 4 rings (SSSR count). The van der Waals surface area contributed by atoms with E-state index >= 15 is 0 Å². The third kappa shape index (κ3) is 3.74. The van der Waals surface area contributed by atoms with Crippen molar-refractivity contribution in [3.05, 3.63) is 30.0 Å². The van der Waals surface area contributed by atoms with E-state index in [1.807, 2.05) is 18.2 Å². The van der Waals surface area contributed by atoms with Crippen LogP contribution in [0.1, 0.15) is 48.9 Å². The van der Waals surface area contributed by atoms with Crippen molar-refractivity contribution in [3.63, 3.8) is 0 Å². The molecule has 132 valence electrons. The zero-order chi connectivity index (χ0) is 17.1. The maximum atomic E-state index is 12.7. The van der Waals surface area contributed by atoms with Gasteiger partial charge in [-0.2, -0.15) is 0 Å². The molecule has 0 spiro atoms. The number of carbonyl (C=O) groups excluding carboxylic acids is 1. The van der Waals surface area contributed by atoms with Gasteiger partial charge in [0, 0.05) is 24.2 Å². The van der Waals surface area contributed by atoms with Gasteiger partial charge in [0.15, 0.2) is 0 Å². The molecule has 1 amide bonds. The lowest BCUT2D eigenvalue weighted by Gasteiger charge is -2.22. The number of fused-ring (bicyclic) bond motifs is 1. The van der Waals surface area contributed by atoms with Gasteiger partial charge >= 0.3 is 0 Å². The van der Waals surface area contributed by atoms with E-state index in [4.69, 9.17) is 4.74 Å². The third-order valence-corrected chi connectivity index (χ3v) is 5.06. The first kappa shape index (κ1) is 16.3. The SMILES string of the molecule is O=C(NC1CCOC1)c1cccc2cnc(NC3CCCCC3)nc12. The molecule has 1 aromatic heterocycles. The number of nitrogens with zero attached hydrogens (tertiary/aromatic N) is 2. The number of anilines is 1. The molecule has 1 aromatic carbocycles. The molecule has 1 aliphatic carbocycles. The van der Waals surface area contributed by atoms with Crippen LogP contribution in [0.3, 0.4) is 0 Å². The lowest BCUT2D eigenvalue weighted by atomic mass is 9.96. The Kier molecular flexibility index (Phi) is 4.78. The number of para-hydroxylation sites is 1. The smallest absolute Gasteiger partial charge is 0.253 e. The number of benzene rings is 1. The summed E-state index contributed by atoms with van der Waals surface area (Å²) in [6.45, 7) is 1.29. The average Bonchev–Trinajstić information content (AvgIpc) is 3.15. The zero-order valence-electron chi connectivity index (χ0n) is 14.3. The molecule has 1 atom stereocenters. The Labute approximate surface area is 147 Å². The number of amides is 1. The fourth-order valence-corrected chi connectivity index (χ4v) is 3.65. The van der Waals surface area contributed by atoms with E-state index in [2.05, 4.69) is 20.6 Å². The number of aromatic nitrogens is 2. The Morgan fingerprint density at radius 2 is 2.00 bits per heavy atom. The third-order valence-electron chi connectivity index (χ3n) is 5.06. The Morgan fingerprint density at radius 3 is 2.80 bits per heavy atom. The summed E-state index contributed by atoms with van der Waals surface area (Å²) >= 11 is 0. The van der Waals surface area contributed by atoms with Gasteiger partial charge in [0.05, 0.1) is 23.7 Å². The van der Waals surface area contributed by atoms with Gasteiger partial charge in [-0.1, -0.05) is 31.4 Å². The lowest BCUT2D eigenvalue weighted by Crippen LogP contribution is -2.35. The van der Waals surface area contributed by atoms with Crippen LogP contribution < -0.4 is 10.6 Å². The summed E-state index contributed by atoms with van der Waals surface area (Å²) in [6, 6.07) is 6.16. The van der Waals surface area contributed by atoms with Gasteiger partial charge in [-0.05, 0) is 25.3 Å². The van der Waals surface area contributed by atoms with Crippen LogP contribution in [0.2, 0.25) is 0 Å². The monoisotopic (exact) mass is 340 g/mol. The maximum absolute atomic E-state index is 12.7. The Morgan fingerprint density at radius 1 is 1.12 bits per heavy atom. The van der Waals surface area contributed by atoms with Gasteiger partial charge in [-0.3, -0.25) is 4.79 Å². The highest BCUT2D eigenvalue weighted by Gasteiger charge is 2.21. The Hall–Kier alpha value is -2.21. The first-order valence-corrected chi connectivity index (χ1v) is 9.20. The quantitative estimate of drug-likeness (QED) is 0.895. The minimum atomic E-state index is -0.0941. The maximum Gasteiger partial charge on any atom is 0.253 e. The van der Waals surface area contributed by atoms with E-state index in [1.165, 1.54) is 19.3 Å². The fraction of sp³-hybridized carbons (Fsp3) is 0.526. The van der Waals surface area contributed by atoms with Gasteiger partial charge in [-0.15, -0.1) is 0 Å². The summed E-state index contributed by atoms with van der Waals surface area (Å²) in [7, 11) is 0. The van der Waals surface area contributed by atoms with Gasteiger partial charge in [0.2, 0.25) is 5.95 Å². The molecule has 1 saturated carbocycles. The number of hydrogen-bond donors (Lipinski definition) is 2. The minimum absolute atomic E-state index is 0.0874. The van der Waals surface area contributed by atoms with Gasteiger partial charge in [0.25, 0.3) is 5.91 Å². The van der Waals surface area contributed by atoms with Crippen molar-refractivity contribution in [1.29, 1.82) is 0 Å². The van der Waals surface area contributed by atoms with Crippen molar-refractivity contribution in [2.75, 3.05) is 18.5 Å². The van der Waals surface area contributed by atoms with Crippen LogP contribution >= 0.6 is 0 Å². The molecular weight excluding hydrogens is 316 g/mol. The van der Waals surface area contributed by atoms with Crippen molar-refractivity contribution in [2.45, 2.75) is 50.6 Å². The predicted octanol–water partition coefficient (Wildman–Crippen LogP) is 2.89. The molecule has 6 nitrogen and oxygen atoms in total. The van der Waals surface area contributed by atoms with Crippen molar-refractivity contribution < 1.29 is 9.53 Å². The minimum Gasteiger partial charge on any atom is -0.379 e. The van der Waals surface area contributed by atoms with Crippen molar-refractivity contribution >= 4 is 22.8 Å². The second-order valence-corrected chi connectivity index (χ2v) is 6.95. The van der Waals surface area contributed by atoms with Gasteiger partial charge in [-0.25, -0.2) is 9.97 Å². The first-order chi connectivity index (χ1) is 12.3. The molecule has 2 heterocycles. The highest BCUT2D eigenvalue weighted by Crippen LogP contribution is 2.22. The highest BCUT2D eigenvalue weighted by molar-refractivity contribution is 6.05. The molecule has 1 unspecified atom stereocenters. The second kappa shape index (κ2) is 7.35.